The van der Waals surface area contributed by atoms with Crippen molar-refractivity contribution in [3.63, 3.8) is 0 Å². The molecule has 2 rings (SSSR count). The number of benzene rings is 1. The maximum atomic E-state index is 12.4. The molecule has 1 aromatic rings. The lowest BCUT2D eigenvalue weighted by atomic mass is 9.85. The molecule has 1 aliphatic rings. The van der Waals surface area contributed by atoms with Gasteiger partial charge in [-0.25, -0.2) is 0 Å². The summed E-state index contributed by atoms with van der Waals surface area (Å²) in [7, 11) is 0. The van der Waals surface area contributed by atoms with Crippen molar-refractivity contribution >= 4 is 23.8 Å². The van der Waals surface area contributed by atoms with E-state index in [2.05, 4.69) is 0 Å². The van der Waals surface area contributed by atoms with Gasteiger partial charge in [0.15, 0.2) is 5.41 Å². The molecule has 0 bridgehead atoms. The van der Waals surface area contributed by atoms with Crippen LogP contribution in [0.3, 0.4) is 0 Å². The summed E-state index contributed by atoms with van der Waals surface area (Å²) >= 11 is 0. The van der Waals surface area contributed by atoms with Crippen LogP contribution in [0, 0.1) is 5.41 Å². The van der Waals surface area contributed by atoms with Crippen LogP contribution in [0.4, 0.5) is 0 Å². The van der Waals surface area contributed by atoms with Crippen molar-refractivity contribution in [3.8, 4) is 0 Å². The Morgan fingerprint density at radius 2 is 1.46 bits per heavy atom. The number of esters is 2. The zero-order valence-electron chi connectivity index (χ0n) is 14.7. The predicted octanol–water partition coefficient (Wildman–Crippen LogP) is 0.778. The summed E-state index contributed by atoms with van der Waals surface area (Å²) in [6.45, 7) is 2.06. The average Bonchev–Trinajstić information content (AvgIpc) is 2.88. The zero-order chi connectivity index (χ0) is 19.3. The fourth-order valence-corrected chi connectivity index (χ4v) is 2.78. The average molecular weight is 363 g/mol. The van der Waals surface area contributed by atoms with Crippen molar-refractivity contribution in [2.75, 3.05) is 26.4 Å². The molecule has 0 fully saturated rings. The maximum Gasteiger partial charge on any atom is 0.325 e. The normalized spacial score (nSPS) is 13.6. The fourth-order valence-electron chi connectivity index (χ4n) is 2.78. The van der Waals surface area contributed by atoms with Crippen molar-refractivity contribution in [2.45, 2.75) is 20.3 Å². The van der Waals surface area contributed by atoms with Crippen LogP contribution in [-0.2, 0) is 19.1 Å². The van der Waals surface area contributed by atoms with Crippen LogP contribution in [0.5, 0.6) is 0 Å². The second kappa shape index (κ2) is 8.09. The van der Waals surface area contributed by atoms with E-state index in [1.165, 1.54) is 12.1 Å². The number of ether oxygens (including phenoxy) is 2. The first-order valence-electron chi connectivity index (χ1n) is 8.33. The highest BCUT2D eigenvalue weighted by molar-refractivity contribution is 6.21. The summed E-state index contributed by atoms with van der Waals surface area (Å²) in [5.41, 5.74) is -1.46. The van der Waals surface area contributed by atoms with E-state index in [1.807, 2.05) is 0 Å². The number of hydrogen-bond acceptors (Lipinski definition) is 7. The standard InChI is InChI=1S/C18H21NO7/c1-3-25-16(23)18(11-20,17(24)26-4-2)9-10-19-14(21)12-7-5-6-8-13(12)15(19)22/h5-8,20H,3-4,9-11H2,1-2H3. The summed E-state index contributed by atoms with van der Waals surface area (Å²) in [5, 5.41) is 9.76. The Kier molecular flexibility index (Phi) is 6.10. The van der Waals surface area contributed by atoms with E-state index >= 15 is 0 Å². The molecule has 1 N–H and O–H groups in total. The number of amides is 2. The summed E-state index contributed by atoms with van der Waals surface area (Å²) in [6, 6.07) is 6.35. The van der Waals surface area contributed by atoms with E-state index in [1.54, 1.807) is 26.0 Å². The first-order chi connectivity index (χ1) is 12.4. The summed E-state index contributed by atoms with van der Waals surface area (Å²) < 4.78 is 9.82. The minimum atomic E-state index is -1.98. The molecule has 1 aromatic carbocycles. The molecule has 1 heterocycles. The van der Waals surface area contributed by atoms with E-state index in [9.17, 15) is 24.3 Å². The molecule has 0 saturated carbocycles. The Morgan fingerprint density at radius 3 is 1.85 bits per heavy atom. The number of rotatable bonds is 8. The summed E-state index contributed by atoms with van der Waals surface area (Å²) in [5.74, 6) is -2.91. The number of imide groups is 1. The topological polar surface area (TPSA) is 110 Å². The van der Waals surface area contributed by atoms with Crippen LogP contribution < -0.4 is 0 Å². The molecule has 0 spiro atoms. The lowest BCUT2D eigenvalue weighted by Crippen LogP contribution is -2.48. The van der Waals surface area contributed by atoms with Crippen molar-refractivity contribution in [1.29, 1.82) is 0 Å². The first-order valence-corrected chi connectivity index (χ1v) is 8.33. The highest BCUT2D eigenvalue weighted by atomic mass is 16.6. The van der Waals surface area contributed by atoms with Crippen LogP contribution in [-0.4, -0.2) is 60.1 Å². The molecule has 26 heavy (non-hydrogen) atoms. The number of aliphatic hydroxyl groups excluding tert-OH is 1. The quantitative estimate of drug-likeness (QED) is 0.413. The molecule has 1 aliphatic heterocycles. The third-order valence-electron chi connectivity index (χ3n) is 4.24. The lowest BCUT2D eigenvalue weighted by Gasteiger charge is -2.28. The van der Waals surface area contributed by atoms with E-state index < -0.39 is 35.8 Å². The van der Waals surface area contributed by atoms with Crippen LogP contribution in [0.15, 0.2) is 24.3 Å². The largest absolute Gasteiger partial charge is 0.465 e. The van der Waals surface area contributed by atoms with Gasteiger partial charge in [0.2, 0.25) is 0 Å². The first kappa shape index (κ1) is 19.6. The highest BCUT2D eigenvalue weighted by Crippen LogP contribution is 2.29. The zero-order valence-corrected chi connectivity index (χ0v) is 14.7. The van der Waals surface area contributed by atoms with Crippen LogP contribution >= 0.6 is 0 Å². The molecule has 0 saturated heterocycles. The van der Waals surface area contributed by atoms with Crippen LogP contribution in [0.1, 0.15) is 41.0 Å². The Morgan fingerprint density at radius 1 is 1.00 bits per heavy atom. The lowest BCUT2D eigenvalue weighted by molar-refractivity contribution is -0.176. The minimum absolute atomic E-state index is 0.00695. The number of hydrogen-bond donors (Lipinski definition) is 1. The van der Waals surface area contributed by atoms with E-state index in [0.717, 1.165) is 4.90 Å². The van der Waals surface area contributed by atoms with Crippen LogP contribution in [0.25, 0.3) is 0 Å². The molecule has 0 atom stereocenters. The van der Waals surface area contributed by atoms with Gasteiger partial charge in [0.1, 0.15) is 0 Å². The number of aliphatic hydroxyl groups is 1. The number of carbonyl (C=O) groups is 4. The van der Waals surface area contributed by atoms with Crippen molar-refractivity contribution in [3.05, 3.63) is 35.4 Å². The Hall–Kier alpha value is -2.74. The molecule has 0 aliphatic carbocycles. The van der Waals surface area contributed by atoms with Gasteiger partial charge in [-0.15, -0.1) is 0 Å². The molecular formula is C18H21NO7. The maximum absolute atomic E-state index is 12.4. The molecular weight excluding hydrogens is 342 g/mol. The highest BCUT2D eigenvalue weighted by Gasteiger charge is 2.49. The minimum Gasteiger partial charge on any atom is -0.465 e. The van der Waals surface area contributed by atoms with Gasteiger partial charge in [-0.1, -0.05) is 12.1 Å². The van der Waals surface area contributed by atoms with Gasteiger partial charge in [0, 0.05) is 6.54 Å². The smallest absolute Gasteiger partial charge is 0.325 e. The van der Waals surface area contributed by atoms with Gasteiger partial charge in [-0.2, -0.15) is 0 Å². The summed E-state index contributed by atoms with van der Waals surface area (Å²) in [6.07, 6.45) is -0.299. The molecule has 0 unspecified atom stereocenters. The van der Waals surface area contributed by atoms with Crippen molar-refractivity contribution < 1.29 is 33.8 Å². The van der Waals surface area contributed by atoms with Crippen LogP contribution in [0.2, 0.25) is 0 Å². The number of fused-ring (bicyclic) bond motifs is 1. The van der Waals surface area contributed by atoms with Gasteiger partial charge in [0.25, 0.3) is 11.8 Å². The van der Waals surface area contributed by atoms with Gasteiger partial charge in [0.05, 0.1) is 30.9 Å². The summed E-state index contributed by atoms with van der Waals surface area (Å²) in [4.78, 5) is 50.4. The number of carbonyl (C=O) groups excluding carboxylic acids is 4. The van der Waals surface area contributed by atoms with Gasteiger partial charge >= 0.3 is 11.9 Å². The molecule has 140 valence electrons. The Bertz CT molecular complexity index is 675. The van der Waals surface area contributed by atoms with Crippen molar-refractivity contribution in [2.24, 2.45) is 5.41 Å². The van der Waals surface area contributed by atoms with E-state index in [-0.39, 0.29) is 37.3 Å². The molecule has 2 amide bonds. The monoisotopic (exact) mass is 363 g/mol. The Balaban J connectivity index is 2.25. The Labute approximate surface area is 150 Å². The third kappa shape index (κ3) is 3.32. The van der Waals surface area contributed by atoms with E-state index in [0.29, 0.717) is 0 Å². The van der Waals surface area contributed by atoms with Gasteiger partial charge in [-0.3, -0.25) is 24.1 Å². The molecule has 8 nitrogen and oxygen atoms in total. The second-order valence-electron chi connectivity index (χ2n) is 5.74. The SMILES string of the molecule is CCOC(=O)C(CO)(CCN1C(=O)c2ccccc2C1=O)C(=O)OCC. The predicted molar refractivity (Wildman–Crippen MR) is 89.2 cm³/mol. The third-order valence-corrected chi connectivity index (χ3v) is 4.24. The molecule has 0 radical (unpaired) electrons. The van der Waals surface area contributed by atoms with Crippen molar-refractivity contribution in [1.82, 2.24) is 4.90 Å². The molecule has 8 heteroatoms. The van der Waals surface area contributed by atoms with E-state index in [4.69, 9.17) is 9.47 Å². The number of nitrogens with zero attached hydrogens (tertiary/aromatic N) is 1. The molecule has 0 aromatic heterocycles. The van der Waals surface area contributed by atoms with Gasteiger partial charge in [-0.05, 0) is 32.4 Å². The second-order valence-corrected chi connectivity index (χ2v) is 5.74. The van der Waals surface area contributed by atoms with Gasteiger partial charge < -0.3 is 14.6 Å². The fraction of sp³-hybridized carbons (Fsp3) is 0.444.